The number of rotatable bonds is 15. The molecule has 7 atom stereocenters. The van der Waals surface area contributed by atoms with Crippen LogP contribution in [0.3, 0.4) is 0 Å². The van der Waals surface area contributed by atoms with E-state index in [2.05, 4.69) is 84.6 Å². The summed E-state index contributed by atoms with van der Waals surface area (Å²) in [4.78, 5) is 54.2. The number of benzene rings is 1. The van der Waals surface area contributed by atoms with E-state index in [9.17, 15) is 19.2 Å². The number of ether oxygens (including phenoxy) is 4. The van der Waals surface area contributed by atoms with E-state index < -0.39 is 82.5 Å². The van der Waals surface area contributed by atoms with Crippen LogP contribution in [-0.4, -0.2) is 87.8 Å². The summed E-state index contributed by atoms with van der Waals surface area (Å²) in [5, 5.41) is 2.33. The van der Waals surface area contributed by atoms with Gasteiger partial charge >= 0.3 is 11.7 Å². The second kappa shape index (κ2) is 15.8. The molecule has 2 fully saturated rings. The summed E-state index contributed by atoms with van der Waals surface area (Å²) in [6.07, 6.45) is -2.32. The minimum atomic E-state index is -2.53. The zero-order valence-corrected chi connectivity index (χ0v) is 33.5. The normalized spacial score (nSPS) is 24.5. The van der Waals surface area contributed by atoms with Gasteiger partial charge in [0.2, 0.25) is 0 Å². The lowest BCUT2D eigenvalue weighted by Gasteiger charge is -2.44. The molecule has 0 aliphatic carbocycles. The van der Waals surface area contributed by atoms with Crippen molar-refractivity contribution in [1.29, 1.82) is 0 Å². The second-order valence-electron chi connectivity index (χ2n) is 16.2. The van der Waals surface area contributed by atoms with Crippen LogP contribution in [0.2, 0.25) is 36.3 Å². The van der Waals surface area contributed by atoms with E-state index in [1.807, 2.05) is 30.3 Å². The van der Waals surface area contributed by atoms with Crippen molar-refractivity contribution >= 4 is 28.5 Å². The van der Waals surface area contributed by atoms with Crippen LogP contribution in [0.4, 0.5) is 0 Å². The second-order valence-corrected chi connectivity index (χ2v) is 25.7. The number of amides is 1. The fraction of sp³-hybridized carbons (Fsp3) is 0.611. The molecule has 0 spiro atoms. The van der Waals surface area contributed by atoms with Crippen LogP contribution in [0.25, 0.3) is 0 Å². The van der Waals surface area contributed by atoms with Crippen molar-refractivity contribution in [2.45, 2.75) is 127 Å². The van der Waals surface area contributed by atoms with Crippen LogP contribution in [0.5, 0.6) is 0 Å². The molecule has 3 heterocycles. The Hall–Kier alpha value is -3.19. The van der Waals surface area contributed by atoms with Gasteiger partial charge in [-0.05, 0) is 41.8 Å². The number of aromatic amines is 1. The molecule has 1 aromatic heterocycles. The van der Waals surface area contributed by atoms with Gasteiger partial charge in [0, 0.05) is 12.3 Å². The number of H-pyrrole nitrogens is 1. The fourth-order valence-electron chi connectivity index (χ4n) is 5.19. The van der Waals surface area contributed by atoms with Gasteiger partial charge < -0.3 is 33.1 Å². The van der Waals surface area contributed by atoms with Gasteiger partial charge in [-0.25, -0.2) is 9.59 Å². The van der Waals surface area contributed by atoms with Gasteiger partial charge in [0.1, 0.15) is 31.0 Å². The molecule has 2 saturated heterocycles. The number of hydrogen-bond acceptors (Lipinski definition) is 10. The van der Waals surface area contributed by atoms with Gasteiger partial charge in [-0.15, -0.1) is 0 Å². The van der Waals surface area contributed by atoms with Gasteiger partial charge in [0.25, 0.3) is 11.5 Å². The summed E-state index contributed by atoms with van der Waals surface area (Å²) < 4.78 is 39.1. The SMILES string of the molecule is C=CCOC(=O)[C@@H](COCc1ccccc1)NC(=O)[C@H]1O[C@@H]1[C@H]1O[C@@H](n2ccc(=O)[nH]c2=O)[C@H](O[Si](C)(C)C(C)(C)C)[C@@H]1O[Si](C)(C)C(C)(C)C. The highest BCUT2D eigenvalue weighted by Crippen LogP contribution is 2.48. The maximum Gasteiger partial charge on any atom is 0.331 e. The summed E-state index contributed by atoms with van der Waals surface area (Å²) in [7, 11) is -5.05. The van der Waals surface area contributed by atoms with Crippen molar-refractivity contribution in [2.24, 2.45) is 0 Å². The van der Waals surface area contributed by atoms with E-state index >= 15 is 0 Å². The molecule has 0 saturated carbocycles. The minimum absolute atomic E-state index is 0.0318. The Morgan fingerprint density at radius 3 is 2.12 bits per heavy atom. The average molecular weight is 746 g/mol. The predicted octanol–water partition coefficient (Wildman–Crippen LogP) is 4.41. The number of epoxide rings is 1. The van der Waals surface area contributed by atoms with E-state index in [4.69, 9.17) is 27.8 Å². The third-order valence-electron chi connectivity index (χ3n) is 10.3. The topological polar surface area (TPSA) is 160 Å². The number of carbonyl (C=O) groups excluding carboxylic acids is 2. The average Bonchev–Trinajstić information content (AvgIpc) is 3.76. The monoisotopic (exact) mass is 745 g/mol. The standard InChI is InChI=1S/C36H55N3O10Si2/c1-12-20-45-33(42)24(22-44-21-23-16-14-13-15-17-23)37-31(41)29-27(46-29)26-28(48-50(8,9)35(2,3)4)30(49-51(10,11)36(5,6)7)32(47-26)39-19-18-25(40)38-34(39)43/h12-19,24,26-30,32H,1,20-22H2,2-11H3,(H,37,41)(H,38,40,43)/t24-,26-,27-,28-,29+,30-,32-/m1/s1. The maximum absolute atomic E-state index is 13.7. The first-order chi connectivity index (χ1) is 23.7. The van der Waals surface area contributed by atoms with E-state index in [0.29, 0.717) is 0 Å². The molecule has 0 bridgehead atoms. The van der Waals surface area contributed by atoms with Gasteiger partial charge in [-0.1, -0.05) is 84.5 Å². The van der Waals surface area contributed by atoms with Crippen LogP contribution in [-0.2, 0) is 44.0 Å². The zero-order valence-electron chi connectivity index (χ0n) is 31.5. The first-order valence-electron chi connectivity index (χ1n) is 17.3. The molecular weight excluding hydrogens is 691 g/mol. The molecule has 2 aliphatic heterocycles. The Morgan fingerprint density at radius 1 is 0.941 bits per heavy atom. The highest BCUT2D eigenvalue weighted by Gasteiger charge is 2.63. The molecule has 2 aromatic rings. The van der Waals surface area contributed by atoms with E-state index in [-0.39, 0.29) is 29.9 Å². The first kappa shape index (κ1) is 40.6. The molecule has 1 amide bonds. The molecule has 13 nitrogen and oxygen atoms in total. The lowest BCUT2D eigenvalue weighted by Crippen LogP contribution is -2.54. The Labute approximate surface area is 302 Å². The molecule has 2 aliphatic rings. The Balaban J connectivity index is 1.64. The van der Waals surface area contributed by atoms with E-state index in [1.165, 1.54) is 22.9 Å². The van der Waals surface area contributed by atoms with Crippen molar-refractivity contribution in [3.8, 4) is 0 Å². The van der Waals surface area contributed by atoms with Crippen molar-refractivity contribution in [1.82, 2.24) is 14.9 Å². The van der Waals surface area contributed by atoms with Crippen LogP contribution in [0.1, 0.15) is 53.3 Å². The molecule has 0 radical (unpaired) electrons. The summed E-state index contributed by atoms with van der Waals surface area (Å²) in [6.45, 7) is 24.8. The number of aromatic nitrogens is 2. The summed E-state index contributed by atoms with van der Waals surface area (Å²) >= 11 is 0. The molecule has 15 heteroatoms. The Morgan fingerprint density at radius 2 is 1.55 bits per heavy atom. The fourth-order valence-corrected chi connectivity index (χ4v) is 7.78. The van der Waals surface area contributed by atoms with E-state index in [0.717, 1.165) is 5.56 Å². The van der Waals surface area contributed by atoms with Crippen LogP contribution in [0.15, 0.2) is 64.8 Å². The van der Waals surface area contributed by atoms with Crippen molar-refractivity contribution in [3.05, 3.63) is 81.7 Å². The lowest BCUT2D eigenvalue weighted by atomic mass is 10.1. The highest BCUT2D eigenvalue weighted by molar-refractivity contribution is 6.74. The largest absolute Gasteiger partial charge is 0.460 e. The van der Waals surface area contributed by atoms with Crippen molar-refractivity contribution < 1.29 is 37.4 Å². The van der Waals surface area contributed by atoms with Gasteiger partial charge in [-0.3, -0.25) is 19.1 Å². The van der Waals surface area contributed by atoms with E-state index in [1.54, 1.807) is 0 Å². The summed E-state index contributed by atoms with van der Waals surface area (Å²) in [6, 6.07) is 9.59. The molecular formula is C36H55N3O10Si2. The smallest absolute Gasteiger partial charge is 0.331 e. The molecule has 2 N–H and O–H groups in total. The molecule has 0 unspecified atom stereocenters. The number of nitrogens with zero attached hydrogens (tertiary/aromatic N) is 1. The number of hydrogen-bond donors (Lipinski definition) is 2. The lowest BCUT2D eigenvalue weighted by molar-refractivity contribution is -0.148. The van der Waals surface area contributed by atoms with Gasteiger partial charge in [-0.2, -0.15) is 0 Å². The summed E-state index contributed by atoms with van der Waals surface area (Å²) in [5.41, 5.74) is -0.298. The van der Waals surface area contributed by atoms with Crippen molar-refractivity contribution in [2.75, 3.05) is 13.2 Å². The maximum atomic E-state index is 13.7. The highest BCUT2D eigenvalue weighted by atomic mass is 28.4. The van der Waals surface area contributed by atoms with Gasteiger partial charge in [0.05, 0.1) is 13.2 Å². The van der Waals surface area contributed by atoms with Gasteiger partial charge in [0.15, 0.2) is 35.0 Å². The Bertz CT molecular complexity index is 1650. The minimum Gasteiger partial charge on any atom is -0.460 e. The predicted molar refractivity (Wildman–Crippen MR) is 197 cm³/mol. The molecule has 51 heavy (non-hydrogen) atoms. The first-order valence-corrected chi connectivity index (χ1v) is 23.2. The molecule has 282 valence electrons. The quantitative estimate of drug-likeness (QED) is 0.116. The number of nitrogens with one attached hydrogen (secondary N) is 2. The third-order valence-corrected chi connectivity index (χ3v) is 19.2. The van der Waals surface area contributed by atoms with Crippen LogP contribution in [0, 0.1) is 0 Å². The van der Waals surface area contributed by atoms with Crippen LogP contribution < -0.4 is 16.6 Å². The molecule has 4 rings (SSSR count). The number of carbonyl (C=O) groups is 2. The summed E-state index contributed by atoms with van der Waals surface area (Å²) in [5.74, 6) is -1.23. The Kier molecular flexibility index (Phi) is 12.6. The molecule has 1 aromatic carbocycles. The van der Waals surface area contributed by atoms with Crippen molar-refractivity contribution in [3.63, 3.8) is 0 Å². The third kappa shape index (κ3) is 9.83. The number of esters is 1. The van der Waals surface area contributed by atoms with Crippen LogP contribution >= 0.6 is 0 Å². The zero-order chi connectivity index (χ0) is 37.9.